The molecule has 0 bridgehead atoms. The summed E-state index contributed by atoms with van der Waals surface area (Å²) in [4.78, 5) is 31.2. The van der Waals surface area contributed by atoms with Gasteiger partial charge in [-0.05, 0) is 53.7 Å². The number of primary amides is 1. The second kappa shape index (κ2) is 8.57. The van der Waals surface area contributed by atoms with Gasteiger partial charge in [0.05, 0.1) is 24.6 Å². The van der Waals surface area contributed by atoms with Crippen molar-refractivity contribution in [2.24, 2.45) is 5.73 Å². The largest absolute Gasteiger partial charge is 0.497 e. The molecule has 1 heterocycles. The van der Waals surface area contributed by atoms with Gasteiger partial charge in [-0.3, -0.25) is 19.1 Å². The van der Waals surface area contributed by atoms with Crippen molar-refractivity contribution in [3.63, 3.8) is 0 Å². The maximum atomic E-state index is 12.9. The molecule has 31 heavy (non-hydrogen) atoms. The molecule has 2 N–H and O–H groups in total. The number of aromatic nitrogens is 2. The molecule has 1 amide bonds. The van der Waals surface area contributed by atoms with Crippen LogP contribution in [-0.4, -0.2) is 34.5 Å². The van der Waals surface area contributed by atoms with Gasteiger partial charge in [0.15, 0.2) is 0 Å². The van der Waals surface area contributed by atoms with E-state index < -0.39 is 5.91 Å². The molecule has 3 aromatic carbocycles. The van der Waals surface area contributed by atoms with E-state index in [1.165, 1.54) is 4.57 Å². The van der Waals surface area contributed by atoms with Gasteiger partial charge in [0.2, 0.25) is 5.91 Å². The molecule has 158 valence electrons. The average molecular weight is 416 g/mol. The number of carbonyl (C=O) groups excluding carboxylic acids is 1. The van der Waals surface area contributed by atoms with Crippen LogP contribution in [0.15, 0.2) is 65.5 Å². The van der Waals surface area contributed by atoms with Crippen molar-refractivity contribution in [2.75, 3.05) is 14.2 Å². The number of para-hydroxylation sites is 1. The van der Waals surface area contributed by atoms with E-state index >= 15 is 0 Å². The summed E-state index contributed by atoms with van der Waals surface area (Å²) in [5.41, 5.74) is 6.87. The molecular formula is C24H24N4O3. The number of hydrogen-bond donors (Lipinski definition) is 1. The van der Waals surface area contributed by atoms with E-state index in [2.05, 4.69) is 28.1 Å². The van der Waals surface area contributed by atoms with Crippen LogP contribution in [0.1, 0.15) is 11.4 Å². The summed E-state index contributed by atoms with van der Waals surface area (Å²) in [6.07, 6.45) is 0. The molecule has 7 heteroatoms. The van der Waals surface area contributed by atoms with E-state index in [0.29, 0.717) is 29.8 Å². The van der Waals surface area contributed by atoms with Gasteiger partial charge < -0.3 is 10.5 Å². The SMILES string of the molecule is COc1ccc2cc(CN(C)Cc3nc4ccccc4c(=O)n3CC(N)=O)ccc2c1. The zero-order valence-corrected chi connectivity index (χ0v) is 17.5. The summed E-state index contributed by atoms with van der Waals surface area (Å²) >= 11 is 0. The Kier molecular flexibility index (Phi) is 5.68. The molecule has 0 radical (unpaired) electrons. The Bertz CT molecular complexity index is 1330. The number of carbonyl (C=O) groups is 1. The predicted octanol–water partition coefficient (Wildman–Crippen LogP) is 2.68. The topological polar surface area (TPSA) is 90.4 Å². The second-order valence-corrected chi connectivity index (χ2v) is 7.62. The van der Waals surface area contributed by atoms with Crippen molar-refractivity contribution < 1.29 is 9.53 Å². The van der Waals surface area contributed by atoms with Gasteiger partial charge in [0.1, 0.15) is 18.1 Å². The molecule has 0 aliphatic rings. The molecule has 7 nitrogen and oxygen atoms in total. The number of amides is 1. The standard InChI is InChI=1S/C24H24N4O3/c1-27(13-16-7-8-18-12-19(31-2)10-9-17(18)11-16)15-23-26-21-6-4-3-5-20(21)24(30)28(23)14-22(25)29/h3-12H,13-15H2,1-2H3,(H2,25,29). The van der Waals surface area contributed by atoms with Crippen molar-refractivity contribution in [1.29, 1.82) is 0 Å². The van der Waals surface area contributed by atoms with Gasteiger partial charge in [0, 0.05) is 6.54 Å². The summed E-state index contributed by atoms with van der Waals surface area (Å²) in [7, 11) is 3.61. The van der Waals surface area contributed by atoms with Crippen LogP contribution in [0.2, 0.25) is 0 Å². The van der Waals surface area contributed by atoms with Crippen molar-refractivity contribution in [2.45, 2.75) is 19.6 Å². The lowest BCUT2D eigenvalue weighted by atomic mass is 10.1. The maximum absolute atomic E-state index is 12.9. The Morgan fingerprint density at radius 2 is 1.81 bits per heavy atom. The maximum Gasteiger partial charge on any atom is 0.261 e. The molecule has 4 aromatic rings. The van der Waals surface area contributed by atoms with Crippen LogP contribution in [0.5, 0.6) is 5.75 Å². The number of fused-ring (bicyclic) bond motifs is 2. The average Bonchev–Trinajstić information content (AvgIpc) is 2.76. The van der Waals surface area contributed by atoms with E-state index in [9.17, 15) is 9.59 Å². The third-order valence-electron chi connectivity index (χ3n) is 5.23. The van der Waals surface area contributed by atoms with Gasteiger partial charge >= 0.3 is 0 Å². The van der Waals surface area contributed by atoms with E-state index in [4.69, 9.17) is 10.5 Å². The number of nitrogens with zero attached hydrogens (tertiary/aromatic N) is 3. The monoisotopic (exact) mass is 416 g/mol. The smallest absolute Gasteiger partial charge is 0.261 e. The van der Waals surface area contributed by atoms with Crippen LogP contribution in [0.3, 0.4) is 0 Å². The molecule has 0 unspecified atom stereocenters. The number of benzene rings is 3. The van der Waals surface area contributed by atoms with Gasteiger partial charge in [0.25, 0.3) is 5.56 Å². The highest BCUT2D eigenvalue weighted by Crippen LogP contribution is 2.22. The second-order valence-electron chi connectivity index (χ2n) is 7.62. The van der Waals surface area contributed by atoms with E-state index in [0.717, 1.165) is 22.1 Å². The van der Waals surface area contributed by atoms with Gasteiger partial charge in [-0.15, -0.1) is 0 Å². The summed E-state index contributed by atoms with van der Waals surface area (Å²) in [5.74, 6) is 0.760. The molecule has 0 saturated carbocycles. The third-order valence-corrected chi connectivity index (χ3v) is 5.23. The summed E-state index contributed by atoms with van der Waals surface area (Å²) in [6.45, 7) is 0.854. The van der Waals surface area contributed by atoms with Crippen LogP contribution in [0, 0.1) is 0 Å². The zero-order chi connectivity index (χ0) is 22.0. The lowest BCUT2D eigenvalue weighted by Crippen LogP contribution is -2.33. The van der Waals surface area contributed by atoms with Crippen molar-refractivity contribution in [1.82, 2.24) is 14.5 Å². The number of rotatable bonds is 7. The Morgan fingerprint density at radius 3 is 2.58 bits per heavy atom. The number of ether oxygens (including phenoxy) is 1. The normalized spacial score (nSPS) is 11.3. The molecule has 0 aliphatic carbocycles. The van der Waals surface area contributed by atoms with Crippen LogP contribution in [0.4, 0.5) is 0 Å². The highest BCUT2D eigenvalue weighted by Gasteiger charge is 2.14. The first-order valence-electron chi connectivity index (χ1n) is 9.96. The summed E-state index contributed by atoms with van der Waals surface area (Å²) in [6, 6.07) is 19.4. The molecule has 1 aromatic heterocycles. The number of hydrogen-bond acceptors (Lipinski definition) is 5. The first-order valence-corrected chi connectivity index (χ1v) is 9.96. The van der Waals surface area contributed by atoms with Gasteiger partial charge in [-0.25, -0.2) is 4.98 Å². The molecule has 0 saturated heterocycles. The van der Waals surface area contributed by atoms with Crippen LogP contribution in [0.25, 0.3) is 21.7 Å². The van der Waals surface area contributed by atoms with Crippen LogP contribution < -0.4 is 16.0 Å². The van der Waals surface area contributed by atoms with Gasteiger partial charge in [-0.1, -0.05) is 30.3 Å². The fraction of sp³-hybridized carbons (Fsp3) is 0.208. The fourth-order valence-electron chi connectivity index (χ4n) is 3.76. The Morgan fingerprint density at radius 1 is 1.06 bits per heavy atom. The molecule has 0 fully saturated rings. The summed E-state index contributed by atoms with van der Waals surface area (Å²) in [5, 5.41) is 2.71. The zero-order valence-electron chi connectivity index (χ0n) is 17.5. The van der Waals surface area contributed by atoms with Crippen molar-refractivity contribution in [3.8, 4) is 5.75 Å². The van der Waals surface area contributed by atoms with Crippen LogP contribution in [-0.2, 0) is 24.4 Å². The van der Waals surface area contributed by atoms with E-state index in [1.54, 1.807) is 25.3 Å². The van der Waals surface area contributed by atoms with E-state index in [-0.39, 0.29) is 12.1 Å². The Labute approximate surface area is 179 Å². The molecule has 0 atom stereocenters. The molecule has 4 rings (SSSR count). The minimum atomic E-state index is -0.576. The van der Waals surface area contributed by atoms with Gasteiger partial charge in [-0.2, -0.15) is 0 Å². The highest BCUT2D eigenvalue weighted by atomic mass is 16.5. The number of methoxy groups -OCH3 is 1. The molecular weight excluding hydrogens is 392 g/mol. The molecule has 0 aliphatic heterocycles. The first-order chi connectivity index (χ1) is 14.9. The Balaban J connectivity index is 1.62. The first kappa shape index (κ1) is 20.6. The minimum Gasteiger partial charge on any atom is -0.497 e. The van der Waals surface area contributed by atoms with E-state index in [1.807, 2.05) is 31.3 Å². The quantitative estimate of drug-likeness (QED) is 0.500. The predicted molar refractivity (Wildman–Crippen MR) is 121 cm³/mol. The fourth-order valence-corrected chi connectivity index (χ4v) is 3.76. The van der Waals surface area contributed by atoms with Crippen molar-refractivity contribution >= 4 is 27.6 Å². The lowest BCUT2D eigenvalue weighted by molar-refractivity contribution is -0.118. The Hall–Kier alpha value is -3.71. The number of nitrogens with two attached hydrogens (primary N) is 1. The molecule has 0 spiro atoms. The third kappa shape index (κ3) is 4.41. The van der Waals surface area contributed by atoms with Crippen molar-refractivity contribution in [3.05, 3.63) is 82.4 Å². The summed E-state index contributed by atoms with van der Waals surface area (Å²) < 4.78 is 6.66. The van der Waals surface area contributed by atoms with Crippen LogP contribution >= 0.6 is 0 Å². The highest BCUT2D eigenvalue weighted by molar-refractivity contribution is 5.84. The minimum absolute atomic E-state index is 0.197. The lowest BCUT2D eigenvalue weighted by Gasteiger charge is -2.19.